The number of nitrogens with zero attached hydrogens (tertiary/aromatic N) is 1. The molecule has 9 heteroatoms. The maximum atomic E-state index is 12.5. The van der Waals surface area contributed by atoms with E-state index in [1.165, 1.54) is 6.08 Å². The van der Waals surface area contributed by atoms with Crippen molar-refractivity contribution < 1.29 is 28.7 Å². The van der Waals surface area contributed by atoms with Gasteiger partial charge in [-0.25, -0.2) is 0 Å². The van der Waals surface area contributed by atoms with Crippen LogP contribution in [0.2, 0.25) is 0 Å². The standard InChI is InChI=1S/C22H20N2O6S/c1-2-29-20(26)13-24-21(27)18(31-22(24)28)12-15-8-6-7-11-17(15)30-14-19(25)23-16-9-4-3-5-10-16/h3-12H,2,13-14H2,1H3,(H,23,25). The number of rotatable bonds is 8. The van der Waals surface area contributed by atoms with Crippen molar-refractivity contribution in [3.05, 3.63) is 65.1 Å². The molecule has 1 aliphatic rings. The van der Waals surface area contributed by atoms with E-state index in [1.54, 1.807) is 55.5 Å². The Balaban J connectivity index is 1.68. The molecule has 0 radical (unpaired) electrons. The van der Waals surface area contributed by atoms with E-state index >= 15 is 0 Å². The molecule has 0 bridgehead atoms. The summed E-state index contributed by atoms with van der Waals surface area (Å²) in [7, 11) is 0. The predicted octanol–water partition coefficient (Wildman–Crippen LogP) is 3.30. The monoisotopic (exact) mass is 440 g/mol. The zero-order chi connectivity index (χ0) is 22.2. The number of amides is 3. The molecule has 0 aromatic heterocycles. The summed E-state index contributed by atoms with van der Waals surface area (Å²) in [6.07, 6.45) is 1.50. The van der Waals surface area contributed by atoms with E-state index in [0.717, 1.165) is 16.7 Å². The van der Waals surface area contributed by atoms with Crippen LogP contribution in [0.4, 0.5) is 10.5 Å². The second-order valence-corrected chi connectivity index (χ2v) is 7.31. The highest BCUT2D eigenvalue weighted by Gasteiger charge is 2.36. The first-order chi connectivity index (χ1) is 15.0. The number of para-hydroxylation sites is 2. The minimum atomic E-state index is -0.654. The number of hydrogen-bond donors (Lipinski definition) is 1. The highest BCUT2D eigenvalue weighted by atomic mass is 32.2. The van der Waals surface area contributed by atoms with Crippen LogP contribution in [0.25, 0.3) is 6.08 Å². The summed E-state index contributed by atoms with van der Waals surface area (Å²) in [4.78, 5) is 49.4. The third-order valence-corrected chi connectivity index (χ3v) is 5.00. The number of anilines is 1. The molecule has 1 heterocycles. The van der Waals surface area contributed by atoms with Gasteiger partial charge in [0.2, 0.25) is 0 Å². The lowest BCUT2D eigenvalue weighted by atomic mass is 10.2. The van der Waals surface area contributed by atoms with E-state index in [0.29, 0.717) is 17.0 Å². The lowest BCUT2D eigenvalue weighted by molar-refractivity contribution is -0.146. The van der Waals surface area contributed by atoms with Crippen molar-refractivity contribution in [2.24, 2.45) is 0 Å². The van der Waals surface area contributed by atoms with Gasteiger partial charge < -0.3 is 14.8 Å². The van der Waals surface area contributed by atoms with Crippen LogP contribution >= 0.6 is 11.8 Å². The molecular formula is C22H20N2O6S. The average molecular weight is 440 g/mol. The normalized spacial score (nSPS) is 14.6. The van der Waals surface area contributed by atoms with Crippen molar-refractivity contribution in [1.82, 2.24) is 4.90 Å². The smallest absolute Gasteiger partial charge is 0.326 e. The van der Waals surface area contributed by atoms with Gasteiger partial charge in [-0.2, -0.15) is 0 Å². The van der Waals surface area contributed by atoms with Gasteiger partial charge in [-0.3, -0.25) is 24.1 Å². The Labute approximate surface area is 183 Å². The van der Waals surface area contributed by atoms with E-state index in [1.807, 2.05) is 6.07 Å². The number of carbonyl (C=O) groups excluding carboxylic acids is 4. The Morgan fingerprint density at radius 3 is 2.52 bits per heavy atom. The van der Waals surface area contributed by atoms with Gasteiger partial charge >= 0.3 is 5.97 Å². The number of carbonyl (C=O) groups is 4. The van der Waals surface area contributed by atoms with Gasteiger partial charge in [0.25, 0.3) is 17.1 Å². The predicted molar refractivity (Wildman–Crippen MR) is 116 cm³/mol. The lowest BCUT2D eigenvalue weighted by Gasteiger charge is -2.11. The molecule has 3 amide bonds. The van der Waals surface area contributed by atoms with E-state index in [4.69, 9.17) is 9.47 Å². The van der Waals surface area contributed by atoms with Crippen molar-refractivity contribution in [3.63, 3.8) is 0 Å². The number of nitrogens with one attached hydrogen (secondary N) is 1. The van der Waals surface area contributed by atoms with Crippen molar-refractivity contribution in [1.29, 1.82) is 0 Å². The van der Waals surface area contributed by atoms with Gasteiger partial charge in [0.05, 0.1) is 11.5 Å². The van der Waals surface area contributed by atoms with Crippen molar-refractivity contribution in [2.45, 2.75) is 6.92 Å². The third kappa shape index (κ3) is 5.95. The third-order valence-electron chi connectivity index (χ3n) is 4.09. The van der Waals surface area contributed by atoms with E-state index in [2.05, 4.69) is 5.32 Å². The number of thioether (sulfide) groups is 1. The number of imide groups is 1. The minimum Gasteiger partial charge on any atom is -0.483 e. The average Bonchev–Trinajstić information content (AvgIpc) is 3.01. The second-order valence-electron chi connectivity index (χ2n) is 6.31. The summed E-state index contributed by atoms with van der Waals surface area (Å²) in [6.45, 7) is 1.13. The maximum absolute atomic E-state index is 12.5. The number of esters is 1. The van der Waals surface area contributed by atoms with Gasteiger partial charge in [-0.1, -0.05) is 36.4 Å². The van der Waals surface area contributed by atoms with Crippen LogP contribution < -0.4 is 10.1 Å². The summed E-state index contributed by atoms with van der Waals surface area (Å²) >= 11 is 0.728. The maximum Gasteiger partial charge on any atom is 0.326 e. The molecule has 1 N–H and O–H groups in total. The number of ether oxygens (including phenoxy) is 2. The Bertz CT molecular complexity index is 1020. The Morgan fingerprint density at radius 1 is 1.06 bits per heavy atom. The SMILES string of the molecule is CCOC(=O)CN1C(=O)SC(=Cc2ccccc2OCC(=O)Nc2ccccc2)C1=O. The molecule has 2 aromatic carbocycles. The molecular weight excluding hydrogens is 420 g/mol. The highest BCUT2D eigenvalue weighted by Crippen LogP contribution is 2.33. The fourth-order valence-electron chi connectivity index (χ4n) is 2.71. The molecule has 160 valence electrons. The van der Waals surface area contributed by atoms with Crippen LogP contribution in [-0.4, -0.2) is 47.7 Å². The summed E-state index contributed by atoms with van der Waals surface area (Å²) in [5, 5.41) is 2.17. The van der Waals surface area contributed by atoms with Crippen LogP contribution in [-0.2, 0) is 19.1 Å². The molecule has 3 rings (SSSR count). The molecule has 0 unspecified atom stereocenters. The van der Waals surface area contributed by atoms with Crippen LogP contribution in [0.3, 0.4) is 0 Å². The van der Waals surface area contributed by atoms with Crippen LogP contribution in [0, 0.1) is 0 Å². The minimum absolute atomic E-state index is 0.152. The van der Waals surface area contributed by atoms with Crippen molar-refractivity contribution in [3.8, 4) is 5.75 Å². The summed E-state index contributed by atoms with van der Waals surface area (Å²) in [5.74, 6) is -1.20. The number of benzene rings is 2. The van der Waals surface area contributed by atoms with Crippen molar-refractivity contribution >= 4 is 46.5 Å². The molecule has 1 saturated heterocycles. The second kappa shape index (κ2) is 10.4. The highest BCUT2D eigenvalue weighted by molar-refractivity contribution is 8.18. The fourth-order valence-corrected chi connectivity index (χ4v) is 3.54. The van der Waals surface area contributed by atoms with E-state index < -0.39 is 23.7 Å². The quantitative estimate of drug-likeness (QED) is 0.496. The first-order valence-electron chi connectivity index (χ1n) is 9.45. The van der Waals surface area contributed by atoms with E-state index in [9.17, 15) is 19.2 Å². The molecule has 31 heavy (non-hydrogen) atoms. The fraction of sp³-hybridized carbons (Fsp3) is 0.182. The van der Waals surface area contributed by atoms with Gasteiger partial charge in [0, 0.05) is 11.3 Å². The zero-order valence-corrected chi connectivity index (χ0v) is 17.5. The molecule has 1 aliphatic heterocycles. The molecule has 0 saturated carbocycles. The zero-order valence-electron chi connectivity index (χ0n) is 16.7. The van der Waals surface area contributed by atoms with Gasteiger partial charge in [-0.05, 0) is 43.0 Å². The van der Waals surface area contributed by atoms with Crippen molar-refractivity contribution in [2.75, 3.05) is 25.1 Å². The topological polar surface area (TPSA) is 102 Å². The Kier molecular flexibility index (Phi) is 7.45. The molecule has 1 fully saturated rings. The molecule has 8 nitrogen and oxygen atoms in total. The van der Waals surface area contributed by atoms with Crippen LogP contribution in [0.5, 0.6) is 5.75 Å². The Hall–Kier alpha value is -3.59. The summed E-state index contributed by atoms with van der Waals surface area (Å²) < 4.78 is 10.4. The summed E-state index contributed by atoms with van der Waals surface area (Å²) in [6, 6.07) is 15.8. The van der Waals surface area contributed by atoms with Gasteiger partial charge in [-0.15, -0.1) is 0 Å². The Morgan fingerprint density at radius 2 is 1.77 bits per heavy atom. The molecule has 2 aromatic rings. The first kappa shape index (κ1) is 22.1. The molecule has 0 spiro atoms. The first-order valence-corrected chi connectivity index (χ1v) is 10.3. The van der Waals surface area contributed by atoms with Crippen LogP contribution in [0.1, 0.15) is 12.5 Å². The van der Waals surface area contributed by atoms with Crippen LogP contribution in [0.15, 0.2) is 59.5 Å². The lowest BCUT2D eigenvalue weighted by Crippen LogP contribution is -2.34. The van der Waals surface area contributed by atoms with Gasteiger partial charge in [0.1, 0.15) is 12.3 Å². The van der Waals surface area contributed by atoms with Gasteiger partial charge in [0.15, 0.2) is 6.61 Å². The summed E-state index contributed by atoms with van der Waals surface area (Å²) in [5.41, 5.74) is 1.18. The molecule has 0 atom stereocenters. The number of hydrogen-bond acceptors (Lipinski definition) is 7. The largest absolute Gasteiger partial charge is 0.483 e. The molecule has 0 aliphatic carbocycles. The van der Waals surface area contributed by atoms with E-state index in [-0.39, 0.29) is 24.0 Å².